The number of aryl methyl sites for hydroxylation is 4. The van der Waals surface area contributed by atoms with Gasteiger partial charge in [0.05, 0.1) is 46.6 Å². The summed E-state index contributed by atoms with van der Waals surface area (Å²) in [5, 5.41) is 4.50. The molecule has 4 nitrogen and oxygen atoms in total. The zero-order valence-corrected chi connectivity index (χ0v) is 39.4. The van der Waals surface area contributed by atoms with E-state index in [0.29, 0.717) is 11.4 Å². The Morgan fingerprint density at radius 1 is 0.300 bits per heavy atom. The summed E-state index contributed by atoms with van der Waals surface area (Å²) in [4.78, 5) is 8.12. The van der Waals surface area contributed by atoms with Crippen LogP contribution in [0.3, 0.4) is 0 Å². The van der Waals surface area contributed by atoms with Crippen molar-refractivity contribution >= 4 is 55.0 Å². The Morgan fingerprint density at radius 2 is 0.629 bits per heavy atom. The van der Waals surface area contributed by atoms with Crippen LogP contribution in [0.4, 0.5) is 11.4 Å². The Hall–Kier alpha value is -9.22. The van der Waals surface area contributed by atoms with Crippen molar-refractivity contribution in [2.24, 2.45) is 0 Å². The van der Waals surface area contributed by atoms with Gasteiger partial charge in [-0.25, -0.2) is 9.69 Å². The quantitative estimate of drug-likeness (QED) is 0.142. The Morgan fingerprint density at radius 3 is 0.957 bits per heavy atom. The molecule has 0 aliphatic rings. The number of hydrogen-bond donors (Lipinski definition) is 0. The molecule has 0 radical (unpaired) electrons. The Balaban J connectivity index is 1.25. The Labute approximate surface area is 408 Å². The van der Waals surface area contributed by atoms with E-state index >= 15 is 0 Å². The molecule has 2 heterocycles. The molecule has 12 rings (SSSR count). The second-order valence-electron chi connectivity index (χ2n) is 18.7. The molecule has 0 aliphatic heterocycles. The zero-order chi connectivity index (χ0) is 47.6. The van der Waals surface area contributed by atoms with Gasteiger partial charge in [0.1, 0.15) is 0 Å². The summed E-state index contributed by atoms with van der Waals surface area (Å²) in [6, 6.07) is 74.2. The highest BCUT2D eigenvalue weighted by Gasteiger charge is 2.24. The first kappa shape index (κ1) is 42.2. The predicted molar refractivity (Wildman–Crippen MR) is 294 cm³/mol. The van der Waals surface area contributed by atoms with Gasteiger partial charge in [0.25, 0.3) is 0 Å². The van der Waals surface area contributed by atoms with E-state index in [9.17, 15) is 0 Å². The van der Waals surface area contributed by atoms with E-state index in [0.717, 1.165) is 111 Å². The normalized spacial score (nSPS) is 11.4. The fraction of sp³-hybridized carbons (Fsp3) is 0.0606. The molecular weight excluding hydrogens is 849 g/mol. The third kappa shape index (κ3) is 7.23. The van der Waals surface area contributed by atoms with E-state index < -0.39 is 0 Å². The minimum absolute atomic E-state index is 0.502. The summed E-state index contributed by atoms with van der Waals surface area (Å²) >= 11 is 0. The van der Waals surface area contributed by atoms with E-state index in [1.807, 2.05) is 24.3 Å². The van der Waals surface area contributed by atoms with Crippen molar-refractivity contribution in [3.8, 4) is 67.0 Å². The lowest BCUT2D eigenvalue weighted by atomic mass is 10.00. The number of hydrogen-bond acceptors (Lipinski definition) is 0. The summed E-state index contributed by atoms with van der Waals surface area (Å²) in [6.07, 6.45) is 0. The van der Waals surface area contributed by atoms with Crippen LogP contribution in [0.15, 0.2) is 206 Å². The van der Waals surface area contributed by atoms with Gasteiger partial charge in [-0.15, -0.1) is 0 Å². The highest BCUT2D eigenvalue weighted by molar-refractivity contribution is 6.14. The third-order valence-corrected chi connectivity index (χ3v) is 14.1. The predicted octanol–water partition coefficient (Wildman–Crippen LogP) is 18.6. The smallest absolute Gasteiger partial charge is 0.197 e. The summed E-state index contributed by atoms with van der Waals surface area (Å²) in [5.41, 5.74) is 22.4. The molecule has 0 spiro atoms. The van der Waals surface area contributed by atoms with Crippen molar-refractivity contribution in [2.45, 2.75) is 27.7 Å². The van der Waals surface area contributed by atoms with Crippen LogP contribution in [0, 0.1) is 40.8 Å². The van der Waals surface area contributed by atoms with Crippen LogP contribution in [0.1, 0.15) is 22.3 Å². The van der Waals surface area contributed by atoms with Crippen molar-refractivity contribution in [3.05, 3.63) is 251 Å². The molecule has 0 bridgehead atoms. The Bertz CT molecular complexity index is 3930. The van der Waals surface area contributed by atoms with Gasteiger partial charge in [-0.2, -0.15) is 0 Å². The molecule has 0 saturated carbocycles. The largest absolute Gasteiger partial charge is 0.308 e. The summed E-state index contributed by atoms with van der Waals surface area (Å²) < 4.78 is 4.82. The van der Waals surface area contributed by atoms with Gasteiger partial charge in [0, 0.05) is 21.5 Å². The molecule has 0 fully saturated rings. The van der Waals surface area contributed by atoms with Gasteiger partial charge in [-0.1, -0.05) is 186 Å². The molecule has 2 aromatic heterocycles. The van der Waals surface area contributed by atoms with Crippen molar-refractivity contribution in [1.82, 2.24) is 9.13 Å². The number of rotatable bonds is 7. The molecule has 10 aromatic carbocycles. The third-order valence-electron chi connectivity index (χ3n) is 14.1. The SMILES string of the molecule is [C-]#[N+]c1cccc(-c2cc(-n3c4cc(-c5ccc(C)cc5)ccc4c4ccc(-c5ccc(C)cc5)cc43)c(-n3c4cc(-c5ccc(C)cc5)ccc4c4ccc(-c5ccc(C)cc5)cc43)cc2[N+]#[C-])c1. The fourth-order valence-corrected chi connectivity index (χ4v) is 10.2. The zero-order valence-electron chi connectivity index (χ0n) is 39.4. The van der Waals surface area contributed by atoms with Gasteiger partial charge in [0.2, 0.25) is 0 Å². The standard InChI is InChI=1S/C66H46N4/c1-41-10-18-45(19-11-41)49-26-30-55-56-31-27-50(46-20-12-42(2)13-21-46)36-62(56)69(61(55)35-49)65-39-59(53-8-7-9-54(34-53)67-5)60(68-6)40-66(65)70-63-37-51(47-22-14-43(3)15-23-47)28-32-57(63)58-33-29-52(38-64(58)70)48-24-16-44(4)17-25-48/h7-40H,1-4H3. The lowest BCUT2D eigenvalue weighted by Crippen LogP contribution is -2.04. The van der Waals surface area contributed by atoms with Gasteiger partial charge in [-0.3, -0.25) is 0 Å². The van der Waals surface area contributed by atoms with E-state index in [1.165, 1.54) is 22.3 Å². The number of aromatic nitrogens is 2. The van der Waals surface area contributed by atoms with Crippen LogP contribution >= 0.6 is 0 Å². The molecular formula is C66H46N4. The van der Waals surface area contributed by atoms with Crippen molar-refractivity contribution in [2.75, 3.05) is 0 Å². The van der Waals surface area contributed by atoms with Crippen LogP contribution in [-0.4, -0.2) is 9.13 Å². The molecule has 0 unspecified atom stereocenters. The molecule has 0 aliphatic carbocycles. The van der Waals surface area contributed by atoms with Crippen molar-refractivity contribution in [3.63, 3.8) is 0 Å². The molecule has 0 amide bonds. The molecule has 4 heteroatoms. The molecule has 330 valence electrons. The first-order chi connectivity index (χ1) is 34.2. The lowest BCUT2D eigenvalue weighted by molar-refractivity contribution is 1.10. The Kier molecular flexibility index (Phi) is 10.1. The van der Waals surface area contributed by atoms with Crippen LogP contribution < -0.4 is 0 Å². The minimum Gasteiger partial charge on any atom is -0.308 e. The maximum atomic E-state index is 8.84. The summed E-state index contributed by atoms with van der Waals surface area (Å²) in [6.45, 7) is 25.3. The van der Waals surface area contributed by atoms with E-state index in [2.05, 4.69) is 229 Å². The summed E-state index contributed by atoms with van der Waals surface area (Å²) in [7, 11) is 0. The van der Waals surface area contributed by atoms with Gasteiger partial charge < -0.3 is 9.13 Å². The van der Waals surface area contributed by atoms with Gasteiger partial charge >= 0.3 is 0 Å². The number of fused-ring (bicyclic) bond motifs is 6. The van der Waals surface area contributed by atoms with E-state index in [1.54, 1.807) is 0 Å². The molecule has 70 heavy (non-hydrogen) atoms. The van der Waals surface area contributed by atoms with E-state index in [-0.39, 0.29) is 0 Å². The highest BCUT2D eigenvalue weighted by Crippen LogP contribution is 2.46. The molecule has 12 aromatic rings. The maximum absolute atomic E-state index is 8.84. The second kappa shape index (κ2) is 16.8. The monoisotopic (exact) mass is 894 g/mol. The van der Waals surface area contributed by atoms with Crippen LogP contribution in [0.2, 0.25) is 0 Å². The lowest BCUT2D eigenvalue weighted by Gasteiger charge is -2.20. The molecule has 0 N–H and O–H groups in total. The van der Waals surface area contributed by atoms with Crippen molar-refractivity contribution < 1.29 is 0 Å². The number of nitrogens with zero attached hydrogens (tertiary/aromatic N) is 4. The topological polar surface area (TPSA) is 18.6 Å². The molecule has 0 saturated heterocycles. The van der Waals surface area contributed by atoms with Gasteiger partial charge in [0.15, 0.2) is 11.4 Å². The average Bonchev–Trinajstić information content (AvgIpc) is 3.90. The molecule has 0 atom stereocenters. The summed E-state index contributed by atoms with van der Waals surface area (Å²) in [5.74, 6) is 0. The first-order valence-electron chi connectivity index (χ1n) is 23.7. The highest BCUT2D eigenvalue weighted by atomic mass is 15.1. The van der Waals surface area contributed by atoms with Gasteiger partial charge in [-0.05, 0) is 126 Å². The second-order valence-corrected chi connectivity index (χ2v) is 18.7. The van der Waals surface area contributed by atoms with Crippen LogP contribution in [0.5, 0.6) is 0 Å². The van der Waals surface area contributed by atoms with Crippen LogP contribution in [0.25, 0.3) is 120 Å². The minimum atomic E-state index is 0.502. The first-order valence-corrected chi connectivity index (χ1v) is 23.7. The average molecular weight is 895 g/mol. The van der Waals surface area contributed by atoms with Crippen LogP contribution in [-0.2, 0) is 0 Å². The maximum Gasteiger partial charge on any atom is 0.197 e. The number of benzene rings is 10. The van der Waals surface area contributed by atoms with E-state index in [4.69, 9.17) is 13.1 Å². The van der Waals surface area contributed by atoms with Crippen molar-refractivity contribution in [1.29, 1.82) is 0 Å². The fourth-order valence-electron chi connectivity index (χ4n) is 10.2.